The maximum Gasteiger partial charge on any atom is 0.235 e. The molecule has 0 atom stereocenters. The Morgan fingerprint density at radius 2 is 2.19 bits per heavy atom. The third-order valence-electron chi connectivity index (χ3n) is 2.18. The second-order valence-electron chi connectivity index (χ2n) is 3.93. The summed E-state index contributed by atoms with van der Waals surface area (Å²) < 4.78 is 14.4. The van der Waals surface area contributed by atoms with Crippen molar-refractivity contribution >= 4 is 33.4 Å². The van der Waals surface area contributed by atoms with Crippen LogP contribution < -0.4 is 5.32 Å². The Kier molecular flexibility index (Phi) is 4.33. The summed E-state index contributed by atoms with van der Waals surface area (Å²) in [6, 6.07) is 4.61. The lowest BCUT2D eigenvalue weighted by Crippen LogP contribution is -2.42. The molecular weight excluding hydrogens is 296 g/mol. The summed E-state index contributed by atoms with van der Waals surface area (Å²) >= 11 is 8.67. The number of hydrogen-bond acceptors (Lipinski definition) is 1. The minimum absolute atomic E-state index is 0.140. The van der Waals surface area contributed by atoms with E-state index in [0.717, 1.165) is 4.47 Å². The van der Waals surface area contributed by atoms with Crippen molar-refractivity contribution in [2.45, 2.75) is 19.4 Å². The molecule has 0 aliphatic heterocycles. The molecule has 0 saturated heterocycles. The molecule has 1 aromatic carbocycles. The van der Waals surface area contributed by atoms with E-state index in [1.807, 2.05) is 0 Å². The lowest BCUT2D eigenvalue weighted by Gasteiger charge is -2.27. The van der Waals surface area contributed by atoms with Gasteiger partial charge in [0.25, 0.3) is 0 Å². The Morgan fingerprint density at radius 3 is 2.75 bits per heavy atom. The first-order chi connectivity index (χ1) is 7.36. The van der Waals surface area contributed by atoms with Crippen molar-refractivity contribution in [3.8, 4) is 0 Å². The first-order valence-corrected chi connectivity index (χ1v) is 6.02. The Bertz CT molecular complexity index is 409. The summed E-state index contributed by atoms with van der Waals surface area (Å²) in [6.07, 6.45) is 0. The molecule has 0 fully saturated rings. The highest BCUT2D eigenvalue weighted by molar-refractivity contribution is 9.10. The Morgan fingerprint density at radius 1 is 1.56 bits per heavy atom. The minimum Gasteiger partial charge on any atom is -0.346 e. The smallest absolute Gasteiger partial charge is 0.235 e. The zero-order valence-electron chi connectivity index (χ0n) is 8.98. The highest BCUT2D eigenvalue weighted by Gasteiger charge is 2.25. The Labute approximate surface area is 107 Å². The molecule has 2 nitrogen and oxygen atoms in total. The van der Waals surface area contributed by atoms with Crippen LogP contribution in [-0.4, -0.2) is 11.8 Å². The van der Waals surface area contributed by atoms with Crippen LogP contribution in [0.5, 0.6) is 0 Å². The van der Waals surface area contributed by atoms with E-state index in [1.165, 1.54) is 6.07 Å². The number of amides is 1. The van der Waals surface area contributed by atoms with Gasteiger partial charge < -0.3 is 5.32 Å². The molecule has 1 aromatic rings. The molecule has 16 heavy (non-hydrogen) atoms. The molecule has 0 saturated carbocycles. The standard InChI is InChI=1S/C11H12BrClFNO/c1-11(2,15-10(16)6-13)8-5-7(12)3-4-9(8)14/h3-5H,6H2,1-2H3,(H,15,16). The van der Waals surface area contributed by atoms with E-state index < -0.39 is 5.54 Å². The quantitative estimate of drug-likeness (QED) is 0.854. The number of carbonyl (C=O) groups is 1. The number of halogens is 3. The fraction of sp³-hybridized carbons (Fsp3) is 0.364. The molecule has 0 heterocycles. The molecule has 0 aliphatic rings. The second kappa shape index (κ2) is 5.15. The molecule has 1 N–H and O–H groups in total. The van der Waals surface area contributed by atoms with Crippen molar-refractivity contribution in [2.75, 3.05) is 5.88 Å². The molecule has 0 aromatic heterocycles. The number of nitrogens with one attached hydrogen (secondary N) is 1. The van der Waals surface area contributed by atoms with E-state index in [-0.39, 0.29) is 17.6 Å². The largest absolute Gasteiger partial charge is 0.346 e. The first kappa shape index (κ1) is 13.5. The van der Waals surface area contributed by atoms with Gasteiger partial charge in [0.2, 0.25) is 5.91 Å². The van der Waals surface area contributed by atoms with Crippen molar-refractivity contribution in [2.24, 2.45) is 0 Å². The second-order valence-corrected chi connectivity index (χ2v) is 5.11. The molecule has 1 amide bonds. The zero-order valence-corrected chi connectivity index (χ0v) is 11.3. The molecule has 0 aliphatic carbocycles. The van der Waals surface area contributed by atoms with Crippen LogP contribution in [0.3, 0.4) is 0 Å². The van der Waals surface area contributed by atoms with Crippen LogP contribution in [-0.2, 0) is 10.3 Å². The van der Waals surface area contributed by atoms with Gasteiger partial charge in [-0.2, -0.15) is 0 Å². The van der Waals surface area contributed by atoms with E-state index in [4.69, 9.17) is 11.6 Å². The normalized spacial score (nSPS) is 11.3. The van der Waals surface area contributed by atoms with Gasteiger partial charge in [-0.3, -0.25) is 4.79 Å². The van der Waals surface area contributed by atoms with Gasteiger partial charge in [-0.25, -0.2) is 4.39 Å². The summed E-state index contributed by atoms with van der Waals surface area (Å²) in [5.41, 5.74) is -0.375. The van der Waals surface area contributed by atoms with Gasteiger partial charge in [0.1, 0.15) is 11.7 Å². The Hall–Kier alpha value is -0.610. The Balaban J connectivity index is 3.05. The third-order valence-corrected chi connectivity index (χ3v) is 2.91. The molecular formula is C11H12BrClFNO. The van der Waals surface area contributed by atoms with Crippen LogP contribution >= 0.6 is 27.5 Å². The van der Waals surface area contributed by atoms with Crippen LogP contribution in [0, 0.1) is 5.82 Å². The zero-order chi connectivity index (χ0) is 12.3. The molecule has 0 spiro atoms. The molecule has 0 radical (unpaired) electrons. The van der Waals surface area contributed by atoms with Crippen molar-refractivity contribution < 1.29 is 9.18 Å². The van der Waals surface area contributed by atoms with Crippen LogP contribution in [0.15, 0.2) is 22.7 Å². The number of benzene rings is 1. The van der Waals surface area contributed by atoms with E-state index in [2.05, 4.69) is 21.2 Å². The van der Waals surface area contributed by atoms with Crippen LogP contribution in [0.1, 0.15) is 19.4 Å². The number of hydrogen-bond donors (Lipinski definition) is 1. The lowest BCUT2D eigenvalue weighted by molar-refractivity contribution is -0.120. The van der Waals surface area contributed by atoms with E-state index >= 15 is 0 Å². The van der Waals surface area contributed by atoms with Crippen LogP contribution in [0.25, 0.3) is 0 Å². The minimum atomic E-state index is -0.792. The summed E-state index contributed by atoms with van der Waals surface area (Å²) in [5.74, 6) is -0.826. The number of carbonyl (C=O) groups excluding carboxylic acids is 1. The first-order valence-electron chi connectivity index (χ1n) is 4.69. The highest BCUT2D eigenvalue weighted by atomic mass is 79.9. The molecule has 1 rings (SSSR count). The van der Waals surface area contributed by atoms with Gasteiger partial charge in [-0.05, 0) is 32.0 Å². The van der Waals surface area contributed by atoms with Gasteiger partial charge in [0.15, 0.2) is 0 Å². The summed E-state index contributed by atoms with van der Waals surface area (Å²) in [4.78, 5) is 11.2. The molecule has 88 valence electrons. The fourth-order valence-electron chi connectivity index (χ4n) is 1.43. The topological polar surface area (TPSA) is 29.1 Å². The van der Waals surface area contributed by atoms with Gasteiger partial charge >= 0.3 is 0 Å². The average molecular weight is 309 g/mol. The SMILES string of the molecule is CC(C)(NC(=O)CCl)c1cc(Br)ccc1F. The molecule has 0 unspecified atom stereocenters. The predicted octanol–water partition coefficient (Wildman–Crippen LogP) is 3.18. The van der Waals surface area contributed by atoms with Crippen molar-refractivity contribution in [1.29, 1.82) is 0 Å². The van der Waals surface area contributed by atoms with E-state index in [1.54, 1.807) is 26.0 Å². The van der Waals surface area contributed by atoms with Gasteiger partial charge in [0.05, 0.1) is 5.54 Å². The van der Waals surface area contributed by atoms with E-state index in [0.29, 0.717) is 5.56 Å². The van der Waals surface area contributed by atoms with E-state index in [9.17, 15) is 9.18 Å². The average Bonchev–Trinajstić information content (AvgIpc) is 2.20. The van der Waals surface area contributed by atoms with Gasteiger partial charge in [-0.15, -0.1) is 11.6 Å². The monoisotopic (exact) mass is 307 g/mol. The van der Waals surface area contributed by atoms with Crippen LogP contribution in [0.4, 0.5) is 4.39 Å². The number of alkyl halides is 1. The van der Waals surface area contributed by atoms with Gasteiger partial charge in [0, 0.05) is 10.0 Å². The van der Waals surface area contributed by atoms with Gasteiger partial charge in [-0.1, -0.05) is 15.9 Å². The van der Waals surface area contributed by atoms with Crippen molar-refractivity contribution in [3.63, 3.8) is 0 Å². The summed E-state index contributed by atoms with van der Waals surface area (Å²) in [6.45, 7) is 3.45. The number of rotatable bonds is 3. The van der Waals surface area contributed by atoms with Crippen LogP contribution in [0.2, 0.25) is 0 Å². The maximum atomic E-state index is 13.6. The highest BCUT2D eigenvalue weighted by Crippen LogP contribution is 2.26. The summed E-state index contributed by atoms with van der Waals surface area (Å²) in [7, 11) is 0. The lowest BCUT2D eigenvalue weighted by atomic mass is 9.94. The summed E-state index contributed by atoms with van der Waals surface area (Å²) in [5, 5.41) is 2.66. The molecule has 0 bridgehead atoms. The van der Waals surface area contributed by atoms with Crippen molar-refractivity contribution in [1.82, 2.24) is 5.32 Å². The fourth-order valence-corrected chi connectivity index (χ4v) is 1.85. The predicted molar refractivity (Wildman–Crippen MR) is 66.0 cm³/mol. The molecule has 5 heteroatoms. The van der Waals surface area contributed by atoms with Crippen molar-refractivity contribution in [3.05, 3.63) is 34.1 Å². The third kappa shape index (κ3) is 3.19. The maximum absolute atomic E-state index is 13.6.